The van der Waals surface area contributed by atoms with Gasteiger partial charge in [-0.2, -0.15) is 5.10 Å². The first kappa shape index (κ1) is 24.4. The fraction of sp³-hybridized carbons (Fsp3) is 0.360. The topological polar surface area (TPSA) is 150 Å². The monoisotopic (exact) mass is 541 g/mol. The molecule has 1 saturated heterocycles. The smallest absolute Gasteiger partial charge is 0.270 e. The lowest BCUT2D eigenvalue weighted by Crippen LogP contribution is -2.20. The van der Waals surface area contributed by atoms with Crippen LogP contribution in [0.1, 0.15) is 42.5 Å². The van der Waals surface area contributed by atoms with E-state index in [9.17, 15) is 8.42 Å². The van der Waals surface area contributed by atoms with Crippen molar-refractivity contribution in [3.63, 3.8) is 0 Å². The first-order valence-electron chi connectivity index (χ1n) is 12.1. The summed E-state index contributed by atoms with van der Waals surface area (Å²) in [5.74, 6) is 1.88. The van der Waals surface area contributed by atoms with Crippen LogP contribution < -0.4 is 24.2 Å². The van der Waals surface area contributed by atoms with E-state index in [1.54, 1.807) is 24.3 Å². The third-order valence-electron chi connectivity index (χ3n) is 6.72. The normalized spacial score (nSPS) is 17.2. The van der Waals surface area contributed by atoms with Crippen molar-refractivity contribution in [2.75, 3.05) is 38.0 Å². The van der Waals surface area contributed by atoms with Crippen molar-refractivity contribution >= 4 is 38.3 Å². The molecule has 2 fully saturated rings. The van der Waals surface area contributed by atoms with Gasteiger partial charge in [-0.3, -0.25) is 9.82 Å². The summed E-state index contributed by atoms with van der Waals surface area (Å²) in [7, 11) is 0.118. The zero-order chi connectivity index (χ0) is 26.4. The predicted octanol–water partition coefficient (Wildman–Crippen LogP) is 4.46. The highest BCUT2D eigenvalue weighted by molar-refractivity contribution is 7.93. The van der Waals surface area contributed by atoms with Crippen molar-refractivity contribution in [3.05, 3.63) is 41.6 Å². The second-order valence-electron chi connectivity index (χ2n) is 9.20. The Labute approximate surface area is 218 Å². The highest BCUT2D eigenvalue weighted by Gasteiger charge is 2.31. The Morgan fingerprint density at radius 2 is 1.68 bits per heavy atom. The number of ether oxygens (including phenoxy) is 4. The average molecular weight is 542 g/mol. The quantitative estimate of drug-likeness (QED) is 0.263. The second kappa shape index (κ2) is 9.40. The molecule has 1 aliphatic carbocycles. The van der Waals surface area contributed by atoms with Crippen molar-refractivity contribution in [2.24, 2.45) is 0 Å². The van der Waals surface area contributed by atoms with E-state index in [1.807, 2.05) is 6.07 Å². The van der Waals surface area contributed by atoms with Crippen LogP contribution in [0, 0.1) is 0 Å². The van der Waals surface area contributed by atoms with Gasteiger partial charge in [-0.05, 0) is 36.6 Å². The molecule has 0 bridgehead atoms. The SMILES string of the molecule is COc1cc2c(NS(=O)(=O)c3c(OC)cc([C@@H]4CCO4)cc3OC)noc2cc1Nc1cc(C2CC2)[nH]n1. The Morgan fingerprint density at radius 1 is 0.974 bits per heavy atom. The van der Waals surface area contributed by atoms with Crippen LogP contribution in [0.4, 0.5) is 17.3 Å². The number of fused-ring (bicyclic) bond motifs is 1. The molecule has 0 radical (unpaired) electrons. The molecule has 0 unspecified atom stereocenters. The molecule has 0 amide bonds. The number of hydrogen-bond acceptors (Lipinski definition) is 10. The van der Waals surface area contributed by atoms with Crippen LogP contribution in [-0.2, 0) is 14.8 Å². The van der Waals surface area contributed by atoms with Crippen molar-refractivity contribution < 1.29 is 31.9 Å². The number of hydrogen-bond donors (Lipinski definition) is 3. The fourth-order valence-electron chi connectivity index (χ4n) is 4.47. The zero-order valence-corrected chi connectivity index (χ0v) is 21.8. The van der Waals surface area contributed by atoms with Crippen molar-refractivity contribution in [1.29, 1.82) is 0 Å². The summed E-state index contributed by atoms with van der Waals surface area (Å²) in [5.41, 5.74) is 2.81. The van der Waals surface area contributed by atoms with E-state index in [-0.39, 0.29) is 28.3 Å². The van der Waals surface area contributed by atoms with E-state index < -0.39 is 10.0 Å². The summed E-state index contributed by atoms with van der Waals surface area (Å²) in [5, 5.41) is 15.0. The molecule has 1 atom stereocenters. The molecular weight excluding hydrogens is 514 g/mol. The van der Waals surface area contributed by atoms with E-state index in [1.165, 1.54) is 21.3 Å². The number of H-pyrrole nitrogens is 1. The van der Waals surface area contributed by atoms with E-state index >= 15 is 0 Å². The summed E-state index contributed by atoms with van der Waals surface area (Å²) in [6.07, 6.45) is 3.02. The standard InChI is InChI=1S/C25H27N5O7S/c1-33-20-10-15-19(11-17(20)26-23-12-16(27-28-23)13-4-5-13)37-29-25(15)30-38(31,32)24-21(34-2)8-14(9-22(24)35-3)18-6-7-36-18/h8-13,18H,4-7H2,1-3H3,(H,29,30)(H2,26,27,28)/t18-/m0/s1. The Kier molecular flexibility index (Phi) is 6.03. The van der Waals surface area contributed by atoms with Gasteiger partial charge in [0.2, 0.25) is 0 Å². The molecule has 3 heterocycles. The van der Waals surface area contributed by atoms with Crippen molar-refractivity contribution in [3.8, 4) is 17.2 Å². The van der Waals surface area contributed by atoms with Gasteiger partial charge in [0.05, 0.1) is 45.1 Å². The van der Waals surface area contributed by atoms with Gasteiger partial charge in [-0.25, -0.2) is 8.42 Å². The third-order valence-corrected chi connectivity index (χ3v) is 8.13. The summed E-state index contributed by atoms with van der Waals surface area (Å²) < 4.78 is 57.0. The maximum absolute atomic E-state index is 13.6. The lowest BCUT2D eigenvalue weighted by Gasteiger charge is -2.28. The van der Waals surface area contributed by atoms with Crippen LogP contribution in [0.3, 0.4) is 0 Å². The van der Waals surface area contributed by atoms with Gasteiger partial charge in [0.25, 0.3) is 10.0 Å². The summed E-state index contributed by atoms with van der Waals surface area (Å²) >= 11 is 0. The molecule has 0 spiro atoms. The van der Waals surface area contributed by atoms with Crippen LogP contribution in [-0.4, -0.2) is 51.7 Å². The minimum absolute atomic E-state index is 0.00357. The molecule has 13 heteroatoms. The van der Waals surface area contributed by atoms with Gasteiger partial charge in [-0.15, -0.1) is 0 Å². The van der Waals surface area contributed by atoms with Crippen LogP contribution in [0.25, 0.3) is 11.0 Å². The zero-order valence-electron chi connectivity index (χ0n) is 21.0. The third kappa shape index (κ3) is 4.37. The van der Waals surface area contributed by atoms with Crippen LogP contribution in [0.2, 0.25) is 0 Å². The molecule has 2 aromatic heterocycles. The number of nitrogens with one attached hydrogen (secondary N) is 3. The van der Waals surface area contributed by atoms with Gasteiger partial charge in [0, 0.05) is 30.2 Å². The van der Waals surface area contributed by atoms with Crippen LogP contribution in [0.5, 0.6) is 17.2 Å². The number of benzene rings is 2. The molecule has 3 N–H and O–H groups in total. The van der Waals surface area contributed by atoms with Crippen molar-refractivity contribution in [1.82, 2.24) is 15.4 Å². The minimum Gasteiger partial charge on any atom is -0.495 e. The number of nitrogens with zero attached hydrogens (tertiary/aromatic N) is 2. The van der Waals surface area contributed by atoms with Gasteiger partial charge in [-0.1, -0.05) is 5.16 Å². The Morgan fingerprint density at radius 3 is 2.29 bits per heavy atom. The van der Waals surface area contributed by atoms with Gasteiger partial charge in [0.1, 0.15) is 17.2 Å². The molecule has 1 aliphatic heterocycles. The Hall–Kier alpha value is -3.97. The first-order chi connectivity index (χ1) is 18.4. The maximum atomic E-state index is 13.6. The lowest BCUT2D eigenvalue weighted by molar-refractivity contribution is -0.0529. The molecule has 12 nitrogen and oxygen atoms in total. The number of anilines is 3. The van der Waals surface area contributed by atoms with Crippen LogP contribution >= 0.6 is 0 Å². The van der Waals surface area contributed by atoms with E-state index in [0.717, 1.165) is 30.5 Å². The average Bonchev–Trinajstić information content (AvgIpc) is 3.51. The molecular formula is C25H27N5O7S. The molecule has 6 rings (SSSR count). The second-order valence-corrected chi connectivity index (χ2v) is 10.8. The predicted molar refractivity (Wildman–Crippen MR) is 138 cm³/mol. The summed E-state index contributed by atoms with van der Waals surface area (Å²) in [6, 6.07) is 8.58. The molecule has 4 aromatic rings. The molecule has 2 aliphatic rings. The number of sulfonamides is 1. The van der Waals surface area contributed by atoms with E-state index in [2.05, 4.69) is 25.4 Å². The van der Waals surface area contributed by atoms with Gasteiger partial charge >= 0.3 is 0 Å². The highest BCUT2D eigenvalue weighted by atomic mass is 32.2. The lowest BCUT2D eigenvalue weighted by atomic mass is 10.0. The summed E-state index contributed by atoms with van der Waals surface area (Å²) in [6.45, 7) is 0.653. The number of aromatic amines is 1. The van der Waals surface area contributed by atoms with Crippen molar-refractivity contribution in [2.45, 2.75) is 36.2 Å². The molecule has 200 valence electrons. The molecule has 38 heavy (non-hydrogen) atoms. The van der Waals surface area contributed by atoms with E-state index in [0.29, 0.717) is 40.7 Å². The fourth-order valence-corrected chi connectivity index (χ4v) is 5.79. The highest BCUT2D eigenvalue weighted by Crippen LogP contribution is 2.43. The molecule has 1 saturated carbocycles. The first-order valence-corrected chi connectivity index (χ1v) is 13.6. The number of aromatic nitrogens is 3. The minimum atomic E-state index is -4.20. The van der Waals surface area contributed by atoms with Gasteiger partial charge in [0.15, 0.2) is 22.1 Å². The van der Waals surface area contributed by atoms with E-state index in [4.69, 9.17) is 23.5 Å². The van der Waals surface area contributed by atoms with Gasteiger partial charge < -0.3 is 28.8 Å². The number of methoxy groups -OCH3 is 3. The number of rotatable bonds is 10. The maximum Gasteiger partial charge on any atom is 0.270 e. The Balaban J connectivity index is 1.32. The van der Waals surface area contributed by atoms with Crippen LogP contribution in [0.15, 0.2) is 39.8 Å². The largest absolute Gasteiger partial charge is 0.495 e. The Bertz CT molecular complexity index is 1580. The molecule has 2 aromatic carbocycles. The summed E-state index contributed by atoms with van der Waals surface area (Å²) in [4.78, 5) is -0.156.